The molecule has 5 heteroatoms. The monoisotopic (exact) mass is 319 g/mol. The van der Waals surface area contributed by atoms with E-state index in [1.165, 1.54) is 0 Å². The fourth-order valence-electron chi connectivity index (χ4n) is 2.22. The van der Waals surface area contributed by atoms with Crippen LogP contribution in [0.25, 0.3) is 12.2 Å². The minimum absolute atomic E-state index is 0.0557. The first-order valence-electron chi connectivity index (χ1n) is 6.76. The number of hydrogen-bond donors (Lipinski definition) is 0. The van der Waals surface area contributed by atoms with Crippen LogP contribution in [0.15, 0.2) is 47.3 Å². The summed E-state index contributed by atoms with van der Waals surface area (Å²) in [6, 6.07) is 9.52. The second kappa shape index (κ2) is 6.36. The molecule has 0 amide bonds. The molecule has 0 fully saturated rings. The summed E-state index contributed by atoms with van der Waals surface area (Å²) in [5.74, 6) is 0.0557. The van der Waals surface area contributed by atoms with Crippen LogP contribution in [0.5, 0.6) is 0 Å². The summed E-state index contributed by atoms with van der Waals surface area (Å²) in [5.41, 5.74) is -0.103. The molecule has 0 aromatic carbocycles. The molecule has 0 unspecified atom stereocenters. The lowest BCUT2D eigenvalue weighted by atomic mass is 9.94. The molecule has 4 nitrogen and oxygen atoms in total. The topological polar surface area (TPSA) is 80.6 Å². The van der Waals surface area contributed by atoms with Crippen molar-refractivity contribution < 1.29 is 4.74 Å². The summed E-state index contributed by atoms with van der Waals surface area (Å²) < 4.78 is 5.70. The molecule has 0 saturated carbocycles. The van der Waals surface area contributed by atoms with Gasteiger partial charge in [-0.25, -0.2) is 0 Å². The summed E-state index contributed by atoms with van der Waals surface area (Å²) in [6.45, 7) is 7.32. The van der Waals surface area contributed by atoms with Gasteiger partial charge in [0.15, 0.2) is 11.3 Å². The quantitative estimate of drug-likeness (QED) is 0.776. The molecule has 0 N–H and O–H groups in total. The molecule has 1 aromatic rings. The lowest BCUT2D eigenvalue weighted by molar-refractivity contribution is 0.0954. The van der Waals surface area contributed by atoms with Crippen molar-refractivity contribution in [3.63, 3.8) is 0 Å². The fourth-order valence-corrected chi connectivity index (χ4v) is 2.98. The molecule has 0 atom stereocenters. The first kappa shape index (κ1) is 16.3. The number of nitriles is 3. The van der Waals surface area contributed by atoms with E-state index in [1.807, 2.05) is 18.2 Å². The molecular formula is C18H13N3OS. The number of thiophene rings is 1. The predicted octanol–water partition coefficient (Wildman–Crippen LogP) is 4.33. The summed E-state index contributed by atoms with van der Waals surface area (Å²) in [4.78, 5) is 2.07. The predicted molar refractivity (Wildman–Crippen MR) is 89.5 cm³/mol. The maximum absolute atomic E-state index is 9.43. The normalized spacial score (nSPS) is 15.7. The third kappa shape index (κ3) is 3.09. The zero-order valence-electron chi connectivity index (χ0n) is 12.8. The second-order valence-corrected chi connectivity index (χ2v) is 6.37. The summed E-state index contributed by atoms with van der Waals surface area (Å²) in [6.07, 6.45) is 5.46. The van der Waals surface area contributed by atoms with Crippen molar-refractivity contribution in [3.05, 3.63) is 57.0 Å². The standard InChI is InChI=1S/C18H13N3OS/c1-4-13-5-6-14(23-13)7-8-16-15(11-21)17(12(9-19)10-20)22-18(16,2)3/h4-8H,1H2,2-3H3. The molecule has 1 aliphatic rings. The van der Waals surface area contributed by atoms with Gasteiger partial charge in [-0.1, -0.05) is 18.7 Å². The zero-order valence-corrected chi connectivity index (χ0v) is 13.6. The molecule has 0 aliphatic carbocycles. The van der Waals surface area contributed by atoms with Gasteiger partial charge in [0.1, 0.15) is 29.4 Å². The van der Waals surface area contributed by atoms with E-state index in [0.717, 1.165) is 9.75 Å². The van der Waals surface area contributed by atoms with Gasteiger partial charge in [0.2, 0.25) is 0 Å². The third-order valence-electron chi connectivity index (χ3n) is 3.33. The Morgan fingerprint density at radius 3 is 2.35 bits per heavy atom. The second-order valence-electron chi connectivity index (χ2n) is 5.22. The van der Waals surface area contributed by atoms with Crippen LogP contribution in [0.2, 0.25) is 0 Å². The van der Waals surface area contributed by atoms with Gasteiger partial charge in [-0.15, -0.1) is 11.3 Å². The van der Waals surface area contributed by atoms with Gasteiger partial charge in [-0.05, 0) is 32.1 Å². The Morgan fingerprint density at radius 2 is 1.83 bits per heavy atom. The van der Waals surface area contributed by atoms with Crippen molar-refractivity contribution in [3.8, 4) is 18.2 Å². The molecule has 1 aromatic heterocycles. The number of allylic oxidation sites excluding steroid dienone is 2. The van der Waals surface area contributed by atoms with E-state index in [0.29, 0.717) is 5.57 Å². The Morgan fingerprint density at radius 1 is 1.17 bits per heavy atom. The van der Waals surface area contributed by atoms with Crippen molar-refractivity contribution in [1.82, 2.24) is 0 Å². The van der Waals surface area contributed by atoms with Crippen LogP contribution in [0.4, 0.5) is 0 Å². The first-order chi connectivity index (χ1) is 11.0. The van der Waals surface area contributed by atoms with Crippen molar-refractivity contribution in [2.45, 2.75) is 19.4 Å². The molecule has 23 heavy (non-hydrogen) atoms. The van der Waals surface area contributed by atoms with E-state index >= 15 is 0 Å². The highest BCUT2D eigenvalue weighted by atomic mass is 32.1. The minimum atomic E-state index is -0.783. The van der Waals surface area contributed by atoms with E-state index in [9.17, 15) is 5.26 Å². The van der Waals surface area contributed by atoms with E-state index in [1.54, 1.807) is 49.5 Å². The van der Waals surface area contributed by atoms with Crippen LogP contribution in [0.3, 0.4) is 0 Å². The molecule has 0 saturated heterocycles. The Hall–Kier alpha value is -3.07. The van der Waals surface area contributed by atoms with Gasteiger partial charge in [0, 0.05) is 15.3 Å². The number of rotatable bonds is 3. The van der Waals surface area contributed by atoms with Crippen molar-refractivity contribution in [2.24, 2.45) is 0 Å². The average Bonchev–Trinajstić information content (AvgIpc) is 3.08. The lowest BCUT2D eigenvalue weighted by Crippen LogP contribution is -2.20. The molecule has 2 heterocycles. The minimum Gasteiger partial charge on any atom is -0.480 e. The van der Waals surface area contributed by atoms with Gasteiger partial charge in [0.25, 0.3) is 0 Å². The average molecular weight is 319 g/mol. The smallest absolute Gasteiger partial charge is 0.172 e. The maximum atomic E-state index is 9.43. The van der Waals surface area contributed by atoms with E-state index in [2.05, 4.69) is 12.6 Å². The Labute approximate surface area is 139 Å². The Kier molecular flexibility index (Phi) is 4.51. The van der Waals surface area contributed by atoms with Gasteiger partial charge in [-0.2, -0.15) is 15.8 Å². The number of nitrogens with zero attached hydrogens (tertiary/aromatic N) is 3. The highest BCUT2D eigenvalue weighted by molar-refractivity contribution is 7.13. The third-order valence-corrected chi connectivity index (χ3v) is 4.37. The maximum Gasteiger partial charge on any atom is 0.172 e. The van der Waals surface area contributed by atoms with E-state index < -0.39 is 5.60 Å². The lowest BCUT2D eigenvalue weighted by Gasteiger charge is -2.20. The van der Waals surface area contributed by atoms with Crippen LogP contribution < -0.4 is 0 Å². The zero-order chi connectivity index (χ0) is 17.0. The van der Waals surface area contributed by atoms with Crippen LogP contribution in [0, 0.1) is 34.0 Å². The summed E-state index contributed by atoms with van der Waals surface area (Å²) >= 11 is 1.57. The molecule has 112 valence electrons. The Bertz CT molecular complexity index is 861. The Balaban J connectivity index is 2.53. The van der Waals surface area contributed by atoms with E-state index in [-0.39, 0.29) is 16.9 Å². The fraction of sp³-hybridized carbons (Fsp3) is 0.167. The van der Waals surface area contributed by atoms with Gasteiger partial charge in [-0.3, -0.25) is 0 Å². The molecule has 2 rings (SSSR count). The van der Waals surface area contributed by atoms with Crippen molar-refractivity contribution in [2.75, 3.05) is 0 Å². The highest BCUT2D eigenvalue weighted by Crippen LogP contribution is 2.40. The summed E-state index contributed by atoms with van der Waals surface area (Å²) in [5, 5.41) is 27.5. The van der Waals surface area contributed by atoms with Crippen molar-refractivity contribution in [1.29, 1.82) is 15.8 Å². The highest BCUT2D eigenvalue weighted by Gasteiger charge is 2.38. The van der Waals surface area contributed by atoms with Gasteiger partial charge in [0.05, 0.1) is 0 Å². The molecule has 0 bridgehead atoms. The summed E-state index contributed by atoms with van der Waals surface area (Å²) in [7, 11) is 0. The van der Waals surface area contributed by atoms with Crippen molar-refractivity contribution >= 4 is 23.5 Å². The molecular weight excluding hydrogens is 306 g/mol. The SMILES string of the molecule is C=Cc1ccc(C=CC2=C(C#N)C(=C(C#N)C#N)OC2(C)C)s1. The number of ether oxygens (including phenoxy) is 1. The van der Waals surface area contributed by atoms with Crippen LogP contribution in [-0.4, -0.2) is 5.60 Å². The molecule has 0 radical (unpaired) electrons. The molecule has 0 spiro atoms. The first-order valence-corrected chi connectivity index (χ1v) is 7.57. The number of hydrogen-bond acceptors (Lipinski definition) is 5. The van der Waals surface area contributed by atoms with Crippen LogP contribution >= 0.6 is 11.3 Å². The van der Waals surface area contributed by atoms with E-state index in [4.69, 9.17) is 15.3 Å². The van der Waals surface area contributed by atoms with Gasteiger partial charge < -0.3 is 4.74 Å². The largest absolute Gasteiger partial charge is 0.480 e. The molecule has 1 aliphatic heterocycles. The van der Waals surface area contributed by atoms with Crippen LogP contribution in [-0.2, 0) is 4.74 Å². The van der Waals surface area contributed by atoms with Gasteiger partial charge >= 0.3 is 0 Å². The van der Waals surface area contributed by atoms with Crippen LogP contribution in [0.1, 0.15) is 23.6 Å².